The number of thiazole rings is 1. The highest BCUT2D eigenvalue weighted by Crippen LogP contribution is 2.10. The number of nitriles is 1. The van der Waals surface area contributed by atoms with Crippen molar-refractivity contribution in [3.63, 3.8) is 0 Å². The van der Waals surface area contributed by atoms with Crippen LogP contribution in [0.5, 0.6) is 0 Å². The lowest BCUT2D eigenvalue weighted by molar-refractivity contribution is -0.122. The molecule has 1 rings (SSSR count). The Morgan fingerprint density at radius 1 is 1.92 bits per heavy atom. The lowest BCUT2D eigenvalue weighted by Crippen LogP contribution is -2.27. The first-order valence-electron chi connectivity index (χ1n) is 3.77. The van der Waals surface area contributed by atoms with Gasteiger partial charge in [0.05, 0.1) is 11.1 Å². The van der Waals surface area contributed by atoms with Gasteiger partial charge in [-0.25, -0.2) is 4.98 Å². The number of amides is 1. The molecule has 0 aromatic carbocycles. The molecule has 0 spiro atoms. The molecule has 0 bridgehead atoms. The van der Waals surface area contributed by atoms with Gasteiger partial charge < -0.3 is 5.32 Å². The molecule has 0 saturated carbocycles. The summed E-state index contributed by atoms with van der Waals surface area (Å²) < 4.78 is 0. The molecular formula is C8H9N3OS. The summed E-state index contributed by atoms with van der Waals surface area (Å²) in [5.74, 6) is -0.881. The lowest BCUT2D eigenvalue weighted by atomic mass is 10.1. The molecule has 0 saturated heterocycles. The zero-order chi connectivity index (χ0) is 9.68. The summed E-state index contributed by atoms with van der Waals surface area (Å²) in [5.41, 5.74) is 0. The van der Waals surface area contributed by atoms with Crippen molar-refractivity contribution in [1.29, 1.82) is 5.26 Å². The van der Waals surface area contributed by atoms with Gasteiger partial charge in [-0.3, -0.25) is 4.79 Å². The SMILES string of the molecule is CNC(=O)C(C#N)Cc1nccs1. The van der Waals surface area contributed by atoms with E-state index in [-0.39, 0.29) is 5.91 Å². The van der Waals surface area contributed by atoms with Crippen molar-refractivity contribution in [3.8, 4) is 6.07 Å². The predicted molar refractivity (Wildman–Crippen MR) is 49.0 cm³/mol. The number of rotatable bonds is 3. The second-order valence-electron chi connectivity index (χ2n) is 2.43. The van der Waals surface area contributed by atoms with E-state index < -0.39 is 5.92 Å². The highest BCUT2D eigenvalue weighted by atomic mass is 32.1. The van der Waals surface area contributed by atoms with Crippen molar-refractivity contribution in [2.24, 2.45) is 5.92 Å². The van der Waals surface area contributed by atoms with Crippen molar-refractivity contribution in [3.05, 3.63) is 16.6 Å². The number of nitrogens with one attached hydrogen (secondary N) is 1. The minimum Gasteiger partial charge on any atom is -0.358 e. The van der Waals surface area contributed by atoms with Gasteiger partial charge >= 0.3 is 0 Å². The van der Waals surface area contributed by atoms with Crippen LogP contribution < -0.4 is 5.32 Å². The molecule has 0 aliphatic heterocycles. The van der Waals surface area contributed by atoms with E-state index in [2.05, 4.69) is 10.3 Å². The van der Waals surface area contributed by atoms with Gasteiger partial charge in [0.1, 0.15) is 5.92 Å². The standard InChI is InChI=1S/C8H9N3OS/c1-10-8(12)6(5-9)4-7-11-2-3-13-7/h2-3,6H,4H2,1H3,(H,10,12). The first-order valence-corrected chi connectivity index (χ1v) is 4.65. The van der Waals surface area contributed by atoms with Gasteiger partial charge in [0.25, 0.3) is 0 Å². The van der Waals surface area contributed by atoms with E-state index in [1.54, 1.807) is 6.20 Å². The van der Waals surface area contributed by atoms with Gasteiger partial charge in [-0.1, -0.05) is 0 Å². The molecule has 68 valence electrons. The molecule has 1 amide bonds. The van der Waals surface area contributed by atoms with Crippen molar-refractivity contribution in [1.82, 2.24) is 10.3 Å². The van der Waals surface area contributed by atoms with E-state index in [0.717, 1.165) is 5.01 Å². The Bertz CT molecular complexity index is 315. The van der Waals surface area contributed by atoms with Crippen LogP contribution in [0.4, 0.5) is 0 Å². The van der Waals surface area contributed by atoms with Gasteiger partial charge in [0.15, 0.2) is 0 Å². The molecule has 0 fully saturated rings. The molecule has 1 unspecified atom stereocenters. The second kappa shape index (κ2) is 4.58. The Labute approximate surface area is 80.2 Å². The summed E-state index contributed by atoms with van der Waals surface area (Å²) in [5, 5.41) is 13.8. The van der Waals surface area contributed by atoms with Crippen LogP contribution >= 0.6 is 11.3 Å². The summed E-state index contributed by atoms with van der Waals surface area (Å²) in [6.07, 6.45) is 2.06. The molecule has 13 heavy (non-hydrogen) atoms. The Morgan fingerprint density at radius 3 is 3.15 bits per heavy atom. The average molecular weight is 195 g/mol. The monoisotopic (exact) mass is 195 g/mol. The van der Waals surface area contributed by atoms with Crippen molar-refractivity contribution >= 4 is 17.2 Å². The fourth-order valence-electron chi connectivity index (χ4n) is 0.900. The Kier molecular flexibility index (Phi) is 3.41. The predicted octanol–water partition coefficient (Wildman–Crippen LogP) is 0.571. The van der Waals surface area contributed by atoms with Crippen LogP contribution in [0, 0.1) is 17.2 Å². The third-order valence-corrected chi connectivity index (χ3v) is 2.38. The van der Waals surface area contributed by atoms with Crippen LogP contribution in [0.2, 0.25) is 0 Å². The van der Waals surface area contributed by atoms with E-state index in [1.807, 2.05) is 11.4 Å². The quantitative estimate of drug-likeness (QED) is 0.766. The van der Waals surface area contributed by atoms with Gasteiger partial charge in [-0.15, -0.1) is 11.3 Å². The van der Waals surface area contributed by atoms with E-state index >= 15 is 0 Å². The molecule has 1 aromatic rings. The van der Waals surface area contributed by atoms with Crippen LogP contribution in [-0.4, -0.2) is 17.9 Å². The number of hydrogen-bond donors (Lipinski definition) is 1. The molecular weight excluding hydrogens is 186 g/mol. The zero-order valence-corrected chi connectivity index (χ0v) is 7.97. The maximum atomic E-state index is 11.1. The maximum Gasteiger partial charge on any atom is 0.237 e. The van der Waals surface area contributed by atoms with Crippen LogP contribution in [0.3, 0.4) is 0 Å². The Balaban J connectivity index is 2.61. The highest BCUT2D eigenvalue weighted by molar-refractivity contribution is 7.09. The largest absolute Gasteiger partial charge is 0.358 e. The van der Waals surface area contributed by atoms with E-state index in [4.69, 9.17) is 5.26 Å². The first kappa shape index (κ1) is 9.68. The van der Waals surface area contributed by atoms with E-state index in [0.29, 0.717) is 6.42 Å². The Hall–Kier alpha value is -1.41. The van der Waals surface area contributed by atoms with Crippen LogP contribution in [0.15, 0.2) is 11.6 Å². The second-order valence-corrected chi connectivity index (χ2v) is 3.41. The highest BCUT2D eigenvalue weighted by Gasteiger charge is 2.17. The topological polar surface area (TPSA) is 65.8 Å². The molecule has 0 aliphatic carbocycles. The van der Waals surface area contributed by atoms with E-state index in [1.165, 1.54) is 18.4 Å². The number of hydrogen-bond acceptors (Lipinski definition) is 4. The number of carbonyl (C=O) groups is 1. The summed E-state index contributed by atoms with van der Waals surface area (Å²) in [6.45, 7) is 0. The molecule has 0 aliphatic rings. The molecule has 1 N–H and O–H groups in total. The Morgan fingerprint density at radius 2 is 2.69 bits per heavy atom. The first-order chi connectivity index (χ1) is 6.27. The van der Waals surface area contributed by atoms with Crippen molar-refractivity contribution in [2.75, 3.05) is 7.05 Å². The van der Waals surface area contributed by atoms with Crippen molar-refractivity contribution < 1.29 is 4.79 Å². The minimum atomic E-state index is -0.629. The fraction of sp³-hybridized carbons (Fsp3) is 0.375. The number of nitrogens with zero attached hydrogens (tertiary/aromatic N) is 2. The molecule has 0 radical (unpaired) electrons. The van der Waals surface area contributed by atoms with Crippen LogP contribution in [-0.2, 0) is 11.2 Å². The smallest absolute Gasteiger partial charge is 0.237 e. The molecule has 4 nitrogen and oxygen atoms in total. The summed E-state index contributed by atoms with van der Waals surface area (Å²) >= 11 is 1.45. The average Bonchev–Trinajstić information content (AvgIpc) is 2.65. The van der Waals surface area contributed by atoms with Crippen LogP contribution in [0.25, 0.3) is 0 Å². The summed E-state index contributed by atoms with van der Waals surface area (Å²) in [6, 6.07) is 1.95. The third-order valence-electron chi connectivity index (χ3n) is 1.58. The molecule has 1 heterocycles. The van der Waals surface area contributed by atoms with Gasteiger partial charge in [0, 0.05) is 25.0 Å². The molecule has 5 heteroatoms. The lowest BCUT2D eigenvalue weighted by Gasteiger charge is -2.03. The van der Waals surface area contributed by atoms with E-state index in [9.17, 15) is 4.79 Å². The number of aromatic nitrogens is 1. The van der Waals surface area contributed by atoms with Crippen molar-refractivity contribution in [2.45, 2.75) is 6.42 Å². The zero-order valence-electron chi connectivity index (χ0n) is 7.15. The summed E-state index contributed by atoms with van der Waals surface area (Å²) in [4.78, 5) is 15.1. The maximum absolute atomic E-state index is 11.1. The normalized spacial score (nSPS) is 11.7. The van der Waals surface area contributed by atoms with Gasteiger partial charge in [-0.2, -0.15) is 5.26 Å². The minimum absolute atomic E-state index is 0.252. The molecule has 1 aromatic heterocycles. The fourth-order valence-corrected chi connectivity index (χ4v) is 1.56. The summed E-state index contributed by atoms with van der Waals surface area (Å²) in [7, 11) is 1.52. The van der Waals surface area contributed by atoms with Gasteiger partial charge in [0.2, 0.25) is 5.91 Å². The number of carbonyl (C=O) groups excluding carboxylic acids is 1. The van der Waals surface area contributed by atoms with Gasteiger partial charge in [-0.05, 0) is 0 Å². The van der Waals surface area contributed by atoms with Crippen LogP contribution in [0.1, 0.15) is 5.01 Å². The third kappa shape index (κ3) is 2.53. The molecule has 1 atom stereocenters.